The van der Waals surface area contributed by atoms with Gasteiger partial charge in [0.1, 0.15) is 0 Å². The van der Waals surface area contributed by atoms with Crippen molar-refractivity contribution in [2.75, 3.05) is 25.0 Å². The van der Waals surface area contributed by atoms with E-state index in [-0.39, 0.29) is 13.1 Å². The number of nitrogens with one attached hydrogen (secondary N) is 1. The number of nitrogens with two attached hydrogens (primary N) is 1. The van der Waals surface area contributed by atoms with Crippen molar-refractivity contribution in [3.05, 3.63) is 11.6 Å². The molecule has 0 aliphatic heterocycles. The molecule has 8 nitrogen and oxygen atoms in total. The highest BCUT2D eigenvalue weighted by molar-refractivity contribution is 7.13. The Labute approximate surface area is 106 Å². The molecular weight excluding hydrogens is 260 g/mol. The minimum Gasteiger partial charge on any atom is -0.480 e. The number of hydrogen-bond donors (Lipinski definition) is 3. The number of amides is 2. The second-order valence-corrected chi connectivity index (χ2v) is 4.29. The van der Waals surface area contributed by atoms with E-state index in [1.54, 1.807) is 5.38 Å². The van der Waals surface area contributed by atoms with E-state index in [9.17, 15) is 14.4 Å². The molecule has 0 aliphatic rings. The number of thiazole rings is 1. The summed E-state index contributed by atoms with van der Waals surface area (Å²) >= 11 is 1.24. The fraction of sp³-hybridized carbons (Fsp3) is 0.333. The number of aromatic nitrogens is 1. The number of carboxylic acids is 1. The predicted molar refractivity (Wildman–Crippen MR) is 64.0 cm³/mol. The quantitative estimate of drug-likeness (QED) is 0.581. The van der Waals surface area contributed by atoms with Crippen LogP contribution in [0.2, 0.25) is 0 Å². The molecule has 1 heterocycles. The summed E-state index contributed by atoms with van der Waals surface area (Å²) in [7, 11) is 0. The van der Waals surface area contributed by atoms with E-state index in [1.165, 1.54) is 17.5 Å². The summed E-state index contributed by atoms with van der Waals surface area (Å²) in [5, 5.41) is 13.2. The molecule has 4 N–H and O–H groups in total. The van der Waals surface area contributed by atoms with E-state index < -0.39 is 24.3 Å². The van der Waals surface area contributed by atoms with Gasteiger partial charge in [-0.05, 0) is 0 Å². The number of primary amides is 1. The van der Waals surface area contributed by atoms with Crippen LogP contribution in [-0.2, 0) is 14.4 Å². The number of nitrogens with zero attached hydrogens (tertiary/aromatic N) is 2. The molecule has 1 rings (SSSR count). The summed E-state index contributed by atoms with van der Waals surface area (Å²) in [6, 6.07) is 0. The third-order valence-corrected chi connectivity index (χ3v) is 2.47. The molecule has 1 aromatic heterocycles. The summed E-state index contributed by atoms with van der Waals surface area (Å²) in [5.41, 5.74) is 4.97. The molecule has 98 valence electrons. The molecular formula is C9H12N4O4S. The first-order valence-corrected chi connectivity index (χ1v) is 5.77. The lowest BCUT2D eigenvalue weighted by Gasteiger charge is -2.17. The van der Waals surface area contributed by atoms with Crippen LogP contribution in [0.5, 0.6) is 0 Å². The lowest BCUT2D eigenvalue weighted by Crippen LogP contribution is -2.41. The van der Waals surface area contributed by atoms with Crippen LogP contribution < -0.4 is 11.1 Å². The first-order chi connectivity index (χ1) is 8.47. The van der Waals surface area contributed by atoms with Gasteiger partial charge in [-0.2, -0.15) is 0 Å². The highest BCUT2D eigenvalue weighted by Gasteiger charge is 2.16. The molecule has 9 heteroatoms. The van der Waals surface area contributed by atoms with E-state index in [0.717, 1.165) is 4.90 Å². The minimum absolute atomic E-state index is 0.241. The number of anilines is 1. The largest absolute Gasteiger partial charge is 0.480 e. The molecule has 0 saturated carbocycles. The van der Waals surface area contributed by atoms with Crippen LogP contribution in [0.1, 0.15) is 0 Å². The standard InChI is InChI=1S/C9H12N4O4S/c10-6(14)3-13(5-8(16)17)4-7(15)12-9-11-1-2-18-9/h1-2H,3-5H2,(H2,10,14)(H,16,17)(H,11,12,15). The van der Waals surface area contributed by atoms with Gasteiger partial charge in [0, 0.05) is 11.6 Å². The van der Waals surface area contributed by atoms with Crippen molar-refractivity contribution >= 4 is 34.3 Å². The Balaban J connectivity index is 2.51. The van der Waals surface area contributed by atoms with Crippen LogP contribution in [0.15, 0.2) is 11.6 Å². The van der Waals surface area contributed by atoms with Gasteiger partial charge in [0.25, 0.3) is 0 Å². The van der Waals surface area contributed by atoms with Crippen LogP contribution in [0.25, 0.3) is 0 Å². The molecule has 0 unspecified atom stereocenters. The predicted octanol–water partition coefficient (Wildman–Crippen LogP) is -1.05. The second-order valence-electron chi connectivity index (χ2n) is 3.39. The lowest BCUT2D eigenvalue weighted by molar-refractivity contribution is -0.138. The van der Waals surface area contributed by atoms with Crippen molar-refractivity contribution in [2.45, 2.75) is 0 Å². The zero-order valence-electron chi connectivity index (χ0n) is 9.33. The Morgan fingerprint density at radius 1 is 1.39 bits per heavy atom. The Morgan fingerprint density at radius 3 is 2.61 bits per heavy atom. The molecule has 0 saturated heterocycles. The molecule has 0 aliphatic carbocycles. The summed E-state index contributed by atoms with van der Waals surface area (Å²) in [5.74, 6) is -2.29. The number of aliphatic carboxylic acids is 1. The molecule has 0 radical (unpaired) electrons. The maximum absolute atomic E-state index is 11.6. The lowest BCUT2D eigenvalue weighted by atomic mass is 10.4. The average molecular weight is 272 g/mol. The molecule has 18 heavy (non-hydrogen) atoms. The van der Waals surface area contributed by atoms with Crippen molar-refractivity contribution in [2.24, 2.45) is 5.73 Å². The highest BCUT2D eigenvalue weighted by atomic mass is 32.1. The summed E-state index contributed by atoms with van der Waals surface area (Å²) in [6.07, 6.45) is 1.53. The van der Waals surface area contributed by atoms with Gasteiger partial charge in [-0.3, -0.25) is 19.3 Å². The van der Waals surface area contributed by atoms with Crippen molar-refractivity contribution in [1.82, 2.24) is 9.88 Å². The molecule has 2 amide bonds. The topological polar surface area (TPSA) is 126 Å². The van der Waals surface area contributed by atoms with Crippen molar-refractivity contribution in [3.8, 4) is 0 Å². The number of carboxylic acid groups (broad SMARTS) is 1. The highest BCUT2D eigenvalue weighted by Crippen LogP contribution is 2.09. The van der Waals surface area contributed by atoms with Crippen molar-refractivity contribution < 1.29 is 19.5 Å². The maximum atomic E-state index is 11.6. The average Bonchev–Trinajstić information content (AvgIpc) is 2.67. The Hall–Kier alpha value is -2.00. The molecule has 0 spiro atoms. The van der Waals surface area contributed by atoms with Crippen LogP contribution >= 0.6 is 11.3 Å². The SMILES string of the molecule is NC(=O)CN(CC(=O)O)CC(=O)Nc1nccs1. The molecule has 0 aromatic carbocycles. The molecule has 0 bridgehead atoms. The zero-order chi connectivity index (χ0) is 13.5. The third-order valence-electron chi connectivity index (χ3n) is 1.78. The van der Waals surface area contributed by atoms with Gasteiger partial charge in [-0.15, -0.1) is 11.3 Å². The van der Waals surface area contributed by atoms with Gasteiger partial charge < -0.3 is 16.2 Å². The van der Waals surface area contributed by atoms with Crippen LogP contribution in [0, 0.1) is 0 Å². The first kappa shape index (κ1) is 14.1. The van der Waals surface area contributed by atoms with E-state index in [4.69, 9.17) is 10.8 Å². The molecule has 1 aromatic rings. The van der Waals surface area contributed by atoms with Crippen LogP contribution in [0.4, 0.5) is 5.13 Å². The van der Waals surface area contributed by atoms with E-state index in [2.05, 4.69) is 10.3 Å². The smallest absolute Gasteiger partial charge is 0.317 e. The van der Waals surface area contributed by atoms with Crippen LogP contribution in [-0.4, -0.2) is 52.4 Å². The van der Waals surface area contributed by atoms with Crippen LogP contribution in [0.3, 0.4) is 0 Å². The zero-order valence-corrected chi connectivity index (χ0v) is 10.1. The number of carbonyl (C=O) groups excluding carboxylic acids is 2. The summed E-state index contributed by atoms with van der Waals surface area (Å²) in [4.78, 5) is 37.8. The Kier molecular flexibility index (Phi) is 5.21. The minimum atomic E-state index is -1.14. The van der Waals surface area contributed by atoms with Crippen molar-refractivity contribution in [3.63, 3.8) is 0 Å². The molecule has 0 atom stereocenters. The monoisotopic (exact) mass is 272 g/mol. The number of hydrogen-bond acceptors (Lipinski definition) is 6. The Bertz CT molecular complexity index is 418. The second kappa shape index (κ2) is 6.67. The van der Waals surface area contributed by atoms with Gasteiger partial charge in [-0.25, -0.2) is 4.98 Å². The van der Waals surface area contributed by atoms with Crippen molar-refractivity contribution in [1.29, 1.82) is 0 Å². The van der Waals surface area contributed by atoms with Gasteiger partial charge in [-0.1, -0.05) is 0 Å². The maximum Gasteiger partial charge on any atom is 0.317 e. The van der Waals surface area contributed by atoms with Gasteiger partial charge in [0.15, 0.2) is 5.13 Å². The van der Waals surface area contributed by atoms with Gasteiger partial charge >= 0.3 is 5.97 Å². The summed E-state index contributed by atoms with van der Waals surface area (Å²) < 4.78 is 0. The van der Waals surface area contributed by atoms with E-state index in [0.29, 0.717) is 5.13 Å². The first-order valence-electron chi connectivity index (χ1n) is 4.89. The normalized spacial score (nSPS) is 10.3. The van der Waals surface area contributed by atoms with Gasteiger partial charge in [0.2, 0.25) is 11.8 Å². The number of rotatable bonds is 7. The fourth-order valence-electron chi connectivity index (χ4n) is 1.23. The third kappa shape index (κ3) is 5.37. The summed E-state index contributed by atoms with van der Waals surface area (Å²) in [6.45, 7) is -0.972. The van der Waals surface area contributed by atoms with Gasteiger partial charge in [0.05, 0.1) is 19.6 Å². The molecule has 0 fully saturated rings. The van der Waals surface area contributed by atoms with E-state index >= 15 is 0 Å². The fourth-order valence-corrected chi connectivity index (χ4v) is 1.77. The van der Waals surface area contributed by atoms with E-state index in [1.807, 2.05) is 0 Å². The number of carbonyl (C=O) groups is 3. The Morgan fingerprint density at radius 2 is 2.11 bits per heavy atom.